The molecule has 0 amide bonds. The fourth-order valence-electron chi connectivity index (χ4n) is 2.99. The third kappa shape index (κ3) is 3.63. The summed E-state index contributed by atoms with van der Waals surface area (Å²) in [6.07, 6.45) is 6.80. The Morgan fingerprint density at radius 2 is 2.03 bits per heavy atom. The Morgan fingerprint density at radius 1 is 1.17 bits per heavy atom. The molecule has 0 fully saturated rings. The summed E-state index contributed by atoms with van der Waals surface area (Å²) in [5, 5.41) is 29.1. The topological polar surface area (TPSA) is 122 Å². The second kappa shape index (κ2) is 7.65. The summed E-state index contributed by atoms with van der Waals surface area (Å²) in [7, 11) is 1.86. The average molecular weight is 388 g/mol. The molecule has 0 spiro atoms. The number of rotatable bonds is 6. The minimum atomic E-state index is 0.204. The molecule has 146 valence electrons. The summed E-state index contributed by atoms with van der Waals surface area (Å²) in [6, 6.07) is 5.95. The maximum atomic E-state index is 9.06. The van der Waals surface area contributed by atoms with Gasteiger partial charge in [-0.25, -0.2) is 14.6 Å². The lowest BCUT2D eigenvalue weighted by atomic mass is 10.2. The van der Waals surface area contributed by atoms with Gasteiger partial charge in [-0.1, -0.05) is 5.21 Å². The third-order valence-electron chi connectivity index (χ3n) is 4.21. The van der Waals surface area contributed by atoms with Crippen molar-refractivity contribution in [3.05, 3.63) is 48.2 Å². The van der Waals surface area contributed by atoms with Crippen molar-refractivity contribution in [3.8, 4) is 17.6 Å². The highest BCUT2D eigenvalue weighted by molar-refractivity contribution is 5.77. The highest BCUT2D eigenvalue weighted by Gasteiger charge is 2.14. The van der Waals surface area contributed by atoms with Crippen LogP contribution < -0.4 is 10.6 Å². The van der Waals surface area contributed by atoms with Crippen LogP contribution in [0.25, 0.3) is 22.5 Å². The predicted molar refractivity (Wildman–Crippen MR) is 108 cm³/mol. The van der Waals surface area contributed by atoms with Crippen molar-refractivity contribution in [3.63, 3.8) is 0 Å². The number of nitrogens with zero attached hydrogens (tertiary/aromatic N) is 8. The predicted octanol–water partition coefficient (Wildman–Crippen LogP) is 1.81. The number of pyridine rings is 2. The van der Waals surface area contributed by atoms with Crippen molar-refractivity contribution in [1.82, 2.24) is 40.1 Å². The first-order chi connectivity index (χ1) is 14.1. The number of aromatic nitrogens is 7. The van der Waals surface area contributed by atoms with E-state index in [9.17, 15) is 0 Å². The van der Waals surface area contributed by atoms with E-state index in [-0.39, 0.29) is 6.04 Å². The van der Waals surface area contributed by atoms with E-state index in [1.54, 1.807) is 27.8 Å². The van der Waals surface area contributed by atoms with Crippen LogP contribution in [0.5, 0.6) is 0 Å². The van der Waals surface area contributed by atoms with E-state index in [1.165, 1.54) is 6.20 Å². The molecule has 0 saturated carbocycles. The molecular formula is C19H20N10. The van der Waals surface area contributed by atoms with Crippen LogP contribution in [0.3, 0.4) is 0 Å². The highest BCUT2D eigenvalue weighted by atomic mass is 15.4. The van der Waals surface area contributed by atoms with Crippen molar-refractivity contribution in [1.29, 1.82) is 5.26 Å². The molecule has 4 aromatic rings. The normalized spacial score (nSPS) is 11.1. The van der Waals surface area contributed by atoms with Crippen LogP contribution in [0.2, 0.25) is 0 Å². The quantitative estimate of drug-likeness (QED) is 0.513. The lowest BCUT2D eigenvalue weighted by molar-refractivity contribution is 0.763. The number of nitriles is 1. The van der Waals surface area contributed by atoms with Crippen LogP contribution in [0, 0.1) is 11.3 Å². The van der Waals surface area contributed by atoms with Gasteiger partial charge in [-0.2, -0.15) is 15.0 Å². The van der Waals surface area contributed by atoms with E-state index >= 15 is 0 Å². The van der Waals surface area contributed by atoms with E-state index in [0.717, 1.165) is 22.5 Å². The Balaban J connectivity index is 1.79. The molecule has 29 heavy (non-hydrogen) atoms. The van der Waals surface area contributed by atoms with E-state index in [1.807, 2.05) is 19.3 Å². The minimum absolute atomic E-state index is 0.204. The summed E-state index contributed by atoms with van der Waals surface area (Å²) in [5.74, 6) is 0.611. The van der Waals surface area contributed by atoms with Crippen LogP contribution in [0.1, 0.15) is 25.1 Å². The van der Waals surface area contributed by atoms with E-state index in [4.69, 9.17) is 5.26 Å². The summed E-state index contributed by atoms with van der Waals surface area (Å²) in [4.78, 5) is 8.93. The Morgan fingerprint density at radius 3 is 2.79 bits per heavy atom. The molecule has 10 nitrogen and oxygen atoms in total. The van der Waals surface area contributed by atoms with Gasteiger partial charge in [0.1, 0.15) is 11.8 Å². The molecule has 0 aromatic carbocycles. The second-order valence-corrected chi connectivity index (χ2v) is 6.85. The molecular weight excluding hydrogens is 368 g/mol. The molecule has 0 atom stereocenters. The summed E-state index contributed by atoms with van der Waals surface area (Å²) in [6.45, 7) is 4.76. The minimum Gasteiger partial charge on any atom is -0.381 e. The van der Waals surface area contributed by atoms with Gasteiger partial charge < -0.3 is 10.6 Å². The van der Waals surface area contributed by atoms with Gasteiger partial charge >= 0.3 is 0 Å². The molecule has 4 rings (SSSR count). The largest absolute Gasteiger partial charge is 0.381 e. The SMILES string of the molecule is CNCc1cn(-c2cnc(-n3ncc4cc(C#N)cnc43)cc2NC(C)C)nn1. The molecule has 10 heteroatoms. The lowest BCUT2D eigenvalue weighted by Crippen LogP contribution is -2.14. The number of nitrogens with one attached hydrogen (secondary N) is 2. The molecule has 0 aliphatic carbocycles. The number of hydrogen-bond donors (Lipinski definition) is 2. The summed E-state index contributed by atoms with van der Waals surface area (Å²) < 4.78 is 3.35. The fraction of sp³-hybridized carbons (Fsp3) is 0.263. The van der Waals surface area contributed by atoms with Gasteiger partial charge in [0, 0.05) is 30.2 Å². The van der Waals surface area contributed by atoms with Gasteiger partial charge in [-0.05, 0) is 27.0 Å². The van der Waals surface area contributed by atoms with Gasteiger partial charge in [0.25, 0.3) is 0 Å². The summed E-state index contributed by atoms with van der Waals surface area (Å²) >= 11 is 0. The highest BCUT2D eigenvalue weighted by Crippen LogP contribution is 2.24. The van der Waals surface area contributed by atoms with Crippen LogP contribution in [-0.2, 0) is 6.54 Å². The molecule has 0 unspecified atom stereocenters. The molecule has 0 aliphatic rings. The third-order valence-corrected chi connectivity index (χ3v) is 4.21. The van der Waals surface area contributed by atoms with Crippen molar-refractivity contribution in [2.75, 3.05) is 12.4 Å². The zero-order chi connectivity index (χ0) is 20.4. The van der Waals surface area contributed by atoms with E-state index < -0.39 is 0 Å². The number of fused-ring (bicyclic) bond motifs is 1. The molecule has 0 bridgehead atoms. The van der Waals surface area contributed by atoms with Gasteiger partial charge in [0.15, 0.2) is 11.5 Å². The standard InChI is InChI=1S/C19H20N10/c1-12(2)25-16-5-18(22-10-17(16)28-11-15(9-21-3)26-27-28)29-19-14(8-24-29)4-13(6-20)7-23-19/h4-5,7-8,10-12,21H,9H2,1-3H3,(H,22,25). The zero-order valence-electron chi connectivity index (χ0n) is 16.3. The summed E-state index contributed by atoms with van der Waals surface area (Å²) in [5.41, 5.74) is 3.60. The smallest absolute Gasteiger partial charge is 0.164 e. The molecule has 0 aliphatic heterocycles. The monoisotopic (exact) mass is 388 g/mol. The first-order valence-electron chi connectivity index (χ1n) is 9.16. The van der Waals surface area contributed by atoms with Crippen molar-refractivity contribution in [2.24, 2.45) is 0 Å². The zero-order valence-corrected chi connectivity index (χ0v) is 16.3. The number of anilines is 1. The Bertz CT molecular complexity index is 1200. The maximum absolute atomic E-state index is 9.06. The van der Waals surface area contributed by atoms with Gasteiger partial charge in [-0.15, -0.1) is 5.10 Å². The molecule has 0 radical (unpaired) electrons. The van der Waals surface area contributed by atoms with Crippen LogP contribution in [0.15, 0.2) is 36.9 Å². The fourth-order valence-corrected chi connectivity index (χ4v) is 2.99. The van der Waals surface area contributed by atoms with E-state index in [2.05, 4.69) is 55.9 Å². The van der Waals surface area contributed by atoms with Crippen LogP contribution in [-0.4, -0.2) is 47.8 Å². The van der Waals surface area contributed by atoms with Crippen LogP contribution >= 0.6 is 0 Å². The average Bonchev–Trinajstić information content (AvgIpc) is 3.34. The molecule has 2 N–H and O–H groups in total. The van der Waals surface area contributed by atoms with E-state index in [0.29, 0.717) is 23.6 Å². The van der Waals surface area contributed by atoms with Crippen molar-refractivity contribution < 1.29 is 0 Å². The van der Waals surface area contributed by atoms with Crippen molar-refractivity contribution >= 4 is 16.7 Å². The van der Waals surface area contributed by atoms with Crippen molar-refractivity contribution in [2.45, 2.75) is 26.4 Å². The maximum Gasteiger partial charge on any atom is 0.164 e. The molecule has 4 heterocycles. The Hall–Kier alpha value is -3.84. The Labute approximate surface area is 167 Å². The van der Waals surface area contributed by atoms with Gasteiger partial charge in [0.2, 0.25) is 0 Å². The number of hydrogen-bond acceptors (Lipinski definition) is 8. The molecule has 4 aromatic heterocycles. The first kappa shape index (κ1) is 18.5. The second-order valence-electron chi connectivity index (χ2n) is 6.85. The molecule has 0 saturated heterocycles. The Kier molecular flexibility index (Phi) is 4.88. The van der Waals surface area contributed by atoms with Crippen LogP contribution in [0.4, 0.5) is 5.69 Å². The van der Waals surface area contributed by atoms with Gasteiger partial charge in [0.05, 0.1) is 35.5 Å². The first-order valence-corrected chi connectivity index (χ1v) is 9.16. The lowest BCUT2D eigenvalue weighted by Gasteiger charge is -2.15. The van der Waals surface area contributed by atoms with Gasteiger partial charge in [-0.3, -0.25) is 0 Å².